The number of nitrogens with zero attached hydrogens (tertiary/aromatic N) is 3. The van der Waals surface area contributed by atoms with E-state index >= 15 is 0 Å². The lowest BCUT2D eigenvalue weighted by atomic mass is 9.89. The molecule has 0 fully saturated rings. The van der Waals surface area contributed by atoms with Gasteiger partial charge >= 0.3 is 0 Å². The fourth-order valence-electron chi connectivity index (χ4n) is 3.86. The first-order valence-electron chi connectivity index (χ1n) is 9.51. The Hall–Kier alpha value is -2.25. The highest BCUT2D eigenvalue weighted by Crippen LogP contribution is 2.38. The number of para-hydroxylation sites is 1. The number of thiophene rings is 1. The molecule has 4 aromatic rings. The van der Waals surface area contributed by atoms with E-state index in [0.29, 0.717) is 11.7 Å². The average Bonchev–Trinajstić information content (AvgIpc) is 3.06. The summed E-state index contributed by atoms with van der Waals surface area (Å²) in [5.41, 5.74) is 2.14. The van der Waals surface area contributed by atoms with Crippen molar-refractivity contribution in [1.29, 1.82) is 0 Å². The smallest absolute Gasteiger partial charge is 0.259 e. The Balaban J connectivity index is 1.53. The van der Waals surface area contributed by atoms with E-state index in [9.17, 15) is 4.79 Å². The zero-order chi connectivity index (χ0) is 19.3. The second-order valence-corrected chi connectivity index (χ2v) is 9.85. The van der Waals surface area contributed by atoms with Crippen molar-refractivity contribution in [2.45, 2.75) is 43.4 Å². The lowest BCUT2D eigenvalue weighted by Gasteiger charge is -2.17. The summed E-state index contributed by atoms with van der Waals surface area (Å²) in [4.78, 5) is 31.7. The van der Waals surface area contributed by atoms with Crippen molar-refractivity contribution in [2.24, 2.45) is 5.92 Å². The molecule has 0 saturated carbocycles. The number of H-pyrrole nitrogens is 1. The van der Waals surface area contributed by atoms with Crippen LogP contribution in [0.5, 0.6) is 0 Å². The summed E-state index contributed by atoms with van der Waals surface area (Å²) in [7, 11) is 0. The first-order chi connectivity index (χ1) is 13.6. The van der Waals surface area contributed by atoms with Gasteiger partial charge in [-0.05, 0) is 43.7 Å². The van der Waals surface area contributed by atoms with Crippen molar-refractivity contribution in [1.82, 2.24) is 19.9 Å². The number of aromatic amines is 1. The minimum atomic E-state index is -0.0199. The quantitative estimate of drug-likeness (QED) is 0.385. The topological polar surface area (TPSA) is 71.5 Å². The third-order valence-electron chi connectivity index (χ3n) is 5.36. The van der Waals surface area contributed by atoms with E-state index in [4.69, 9.17) is 4.98 Å². The summed E-state index contributed by atoms with van der Waals surface area (Å²) >= 11 is 3.29. The highest BCUT2D eigenvalue weighted by atomic mass is 32.2. The minimum absolute atomic E-state index is 0.00736. The predicted molar refractivity (Wildman–Crippen MR) is 115 cm³/mol. The Labute approximate surface area is 170 Å². The fourth-order valence-corrected chi connectivity index (χ4v) is 6.21. The number of rotatable bonds is 3. The standard InChI is InChI=1S/C21H20N4OS2/c1-11-7-8-14-16(9-11)28-21-17(14)19(26)24-18(25-21)12(2)27-20-13-5-3-4-6-15(13)22-10-23-20/h3-6,10-12H,7-9H2,1-2H3,(H,24,25,26)/t11-,12-/m1/s1. The van der Waals surface area contributed by atoms with Gasteiger partial charge in [0.25, 0.3) is 5.56 Å². The summed E-state index contributed by atoms with van der Waals surface area (Å²) in [5.74, 6) is 1.39. The molecular weight excluding hydrogens is 388 g/mol. The van der Waals surface area contributed by atoms with Crippen molar-refractivity contribution in [3.05, 3.63) is 57.2 Å². The second-order valence-electron chi connectivity index (χ2n) is 7.44. The Morgan fingerprint density at radius 1 is 1.29 bits per heavy atom. The van der Waals surface area contributed by atoms with Crippen LogP contribution in [0.3, 0.4) is 0 Å². The van der Waals surface area contributed by atoms with Crippen LogP contribution in [0.25, 0.3) is 21.1 Å². The molecule has 0 unspecified atom stereocenters. The number of aromatic nitrogens is 4. The van der Waals surface area contributed by atoms with Crippen molar-refractivity contribution >= 4 is 44.2 Å². The van der Waals surface area contributed by atoms with Crippen molar-refractivity contribution in [3.63, 3.8) is 0 Å². The van der Waals surface area contributed by atoms with Crippen LogP contribution < -0.4 is 5.56 Å². The van der Waals surface area contributed by atoms with E-state index in [2.05, 4.69) is 28.8 Å². The number of aryl methyl sites for hydroxylation is 1. The molecule has 2 atom stereocenters. The second kappa shape index (κ2) is 6.97. The van der Waals surface area contributed by atoms with Crippen LogP contribution in [0.4, 0.5) is 0 Å². The summed E-state index contributed by atoms with van der Waals surface area (Å²) in [6, 6.07) is 7.97. The zero-order valence-electron chi connectivity index (χ0n) is 15.7. The molecule has 3 aromatic heterocycles. The number of hydrogen-bond donors (Lipinski definition) is 1. The molecule has 1 aliphatic carbocycles. The third kappa shape index (κ3) is 3.02. The van der Waals surface area contributed by atoms with Crippen LogP contribution in [0.1, 0.15) is 41.8 Å². The Morgan fingerprint density at radius 2 is 2.14 bits per heavy atom. The lowest BCUT2D eigenvalue weighted by molar-refractivity contribution is 0.509. The van der Waals surface area contributed by atoms with Gasteiger partial charge in [-0.15, -0.1) is 11.3 Å². The summed E-state index contributed by atoms with van der Waals surface area (Å²) in [6.07, 6.45) is 4.78. The van der Waals surface area contributed by atoms with E-state index < -0.39 is 0 Å². The van der Waals surface area contributed by atoms with Crippen LogP contribution in [-0.4, -0.2) is 19.9 Å². The molecule has 7 heteroatoms. The first kappa shape index (κ1) is 17.8. The van der Waals surface area contributed by atoms with Gasteiger partial charge in [-0.3, -0.25) is 4.79 Å². The van der Waals surface area contributed by atoms with Gasteiger partial charge < -0.3 is 4.98 Å². The molecule has 3 heterocycles. The molecular formula is C21H20N4OS2. The molecule has 5 nitrogen and oxygen atoms in total. The van der Waals surface area contributed by atoms with Gasteiger partial charge in [-0.2, -0.15) is 0 Å². The van der Waals surface area contributed by atoms with E-state index in [0.717, 1.165) is 45.4 Å². The molecule has 0 aliphatic heterocycles. The molecule has 1 N–H and O–H groups in total. The van der Waals surface area contributed by atoms with Gasteiger partial charge in [0.1, 0.15) is 22.0 Å². The van der Waals surface area contributed by atoms with Crippen LogP contribution in [0.15, 0.2) is 40.4 Å². The van der Waals surface area contributed by atoms with Gasteiger partial charge in [0.15, 0.2) is 0 Å². The van der Waals surface area contributed by atoms with Crippen molar-refractivity contribution < 1.29 is 0 Å². The molecule has 0 radical (unpaired) electrons. The molecule has 5 rings (SSSR count). The minimum Gasteiger partial charge on any atom is -0.309 e. The maximum atomic E-state index is 12.9. The highest BCUT2D eigenvalue weighted by molar-refractivity contribution is 7.99. The predicted octanol–water partition coefficient (Wildman–Crippen LogP) is 4.91. The zero-order valence-corrected chi connectivity index (χ0v) is 17.4. The Kier molecular flexibility index (Phi) is 4.44. The molecule has 0 bridgehead atoms. The number of fused-ring (bicyclic) bond motifs is 4. The van der Waals surface area contributed by atoms with Crippen LogP contribution in [0.2, 0.25) is 0 Å². The number of nitrogens with one attached hydrogen (secondary N) is 1. The molecule has 1 aromatic carbocycles. The summed E-state index contributed by atoms with van der Waals surface area (Å²) in [5, 5.41) is 2.71. The molecule has 0 spiro atoms. The number of thioether (sulfide) groups is 1. The number of benzene rings is 1. The third-order valence-corrected chi connectivity index (χ3v) is 7.64. The van der Waals surface area contributed by atoms with Gasteiger partial charge in [0.2, 0.25) is 0 Å². The summed E-state index contributed by atoms with van der Waals surface area (Å²) in [6.45, 7) is 4.34. The lowest BCUT2D eigenvalue weighted by Crippen LogP contribution is -2.15. The molecule has 142 valence electrons. The van der Waals surface area contributed by atoms with Crippen LogP contribution in [0, 0.1) is 5.92 Å². The van der Waals surface area contributed by atoms with Gasteiger partial charge in [-0.1, -0.05) is 36.9 Å². The first-order valence-corrected chi connectivity index (χ1v) is 11.2. The Morgan fingerprint density at radius 3 is 3.04 bits per heavy atom. The molecule has 0 saturated heterocycles. The Bertz CT molecular complexity index is 1240. The van der Waals surface area contributed by atoms with Crippen molar-refractivity contribution in [3.8, 4) is 0 Å². The largest absolute Gasteiger partial charge is 0.309 e. The molecule has 0 amide bonds. The maximum absolute atomic E-state index is 12.9. The highest BCUT2D eigenvalue weighted by Gasteiger charge is 2.24. The van der Waals surface area contributed by atoms with E-state index in [1.807, 2.05) is 24.3 Å². The number of hydrogen-bond acceptors (Lipinski definition) is 6. The van der Waals surface area contributed by atoms with Crippen LogP contribution >= 0.6 is 23.1 Å². The van der Waals surface area contributed by atoms with Gasteiger partial charge in [0.05, 0.1) is 16.2 Å². The van der Waals surface area contributed by atoms with E-state index in [-0.39, 0.29) is 10.8 Å². The summed E-state index contributed by atoms with van der Waals surface area (Å²) < 4.78 is 0. The SMILES string of the molecule is C[C@@H]1CCc2c(sc3nc([C@@H](C)Sc4ncnc5ccccc45)[nH]c(=O)c23)C1. The molecule has 28 heavy (non-hydrogen) atoms. The van der Waals surface area contributed by atoms with Crippen LogP contribution in [-0.2, 0) is 12.8 Å². The maximum Gasteiger partial charge on any atom is 0.259 e. The van der Waals surface area contributed by atoms with E-state index in [1.54, 1.807) is 29.4 Å². The molecule has 1 aliphatic rings. The average molecular weight is 409 g/mol. The van der Waals surface area contributed by atoms with Gasteiger partial charge in [0, 0.05) is 10.3 Å². The van der Waals surface area contributed by atoms with Crippen molar-refractivity contribution in [2.75, 3.05) is 0 Å². The van der Waals surface area contributed by atoms with Gasteiger partial charge in [-0.25, -0.2) is 15.0 Å². The fraction of sp³-hybridized carbons (Fsp3) is 0.333. The normalized spacial score (nSPS) is 17.7. The van der Waals surface area contributed by atoms with E-state index in [1.165, 1.54) is 10.4 Å². The monoisotopic (exact) mass is 408 g/mol.